The quantitative estimate of drug-likeness (QED) is 0.413. The standard InChI is InChI=1S/C8H8N2O4/c1-2-7(11)14-6-4-3-5-9-8(6)10(12)13/h3-5H,2H2,1H3. The van der Waals surface area contributed by atoms with Crippen LogP contribution < -0.4 is 4.74 Å². The lowest BCUT2D eigenvalue weighted by molar-refractivity contribution is -0.390. The molecule has 0 bridgehead atoms. The molecule has 0 atom stereocenters. The Kier molecular flexibility index (Phi) is 3.11. The minimum absolute atomic E-state index is 0.121. The Labute approximate surface area is 79.7 Å². The number of pyridine rings is 1. The summed E-state index contributed by atoms with van der Waals surface area (Å²) < 4.78 is 4.71. The Morgan fingerprint density at radius 3 is 3.00 bits per heavy atom. The summed E-state index contributed by atoms with van der Waals surface area (Å²) >= 11 is 0. The average molecular weight is 196 g/mol. The monoisotopic (exact) mass is 196 g/mol. The fraction of sp³-hybridized carbons (Fsp3) is 0.250. The molecule has 1 aromatic rings. The van der Waals surface area contributed by atoms with Gasteiger partial charge in [-0.05, 0) is 22.0 Å². The summed E-state index contributed by atoms with van der Waals surface area (Å²) in [6, 6.07) is 2.80. The lowest BCUT2D eigenvalue weighted by Crippen LogP contribution is -2.07. The maximum atomic E-state index is 10.9. The van der Waals surface area contributed by atoms with E-state index >= 15 is 0 Å². The fourth-order valence-corrected chi connectivity index (χ4v) is 0.794. The van der Waals surface area contributed by atoms with Crippen LogP contribution in [-0.4, -0.2) is 15.9 Å². The number of carbonyl (C=O) groups excluding carboxylic acids is 1. The van der Waals surface area contributed by atoms with Crippen molar-refractivity contribution in [2.45, 2.75) is 13.3 Å². The van der Waals surface area contributed by atoms with Crippen molar-refractivity contribution >= 4 is 11.8 Å². The van der Waals surface area contributed by atoms with Gasteiger partial charge in [0.25, 0.3) is 0 Å². The summed E-state index contributed by atoms with van der Waals surface area (Å²) in [6.07, 6.45) is 1.42. The molecule has 0 aliphatic heterocycles. The highest BCUT2D eigenvalue weighted by Crippen LogP contribution is 2.22. The van der Waals surface area contributed by atoms with E-state index in [1.165, 1.54) is 18.3 Å². The van der Waals surface area contributed by atoms with Gasteiger partial charge in [0.2, 0.25) is 5.75 Å². The molecule has 0 aliphatic carbocycles. The van der Waals surface area contributed by atoms with E-state index in [4.69, 9.17) is 4.74 Å². The van der Waals surface area contributed by atoms with E-state index in [9.17, 15) is 14.9 Å². The first-order valence-corrected chi connectivity index (χ1v) is 3.95. The Morgan fingerprint density at radius 1 is 1.71 bits per heavy atom. The number of hydrogen-bond acceptors (Lipinski definition) is 5. The van der Waals surface area contributed by atoms with Crippen molar-refractivity contribution in [3.05, 3.63) is 28.4 Å². The van der Waals surface area contributed by atoms with Gasteiger partial charge in [-0.1, -0.05) is 6.92 Å². The molecule has 0 unspecified atom stereocenters. The molecule has 0 aromatic carbocycles. The van der Waals surface area contributed by atoms with Crippen LogP contribution in [0.3, 0.4) is 0 Å². The number of esters is 1. The molecule has 0 N–H and O–H groups in total. The molecule has 74 valence electrons. The molecular formula is C8H8N2O4. The van der Waals surface area contributed by atoms with Gasteiger partial charge in [-0.3, -0.25) is 4.79 Å². The summed E-state index contributed by atoms with van der Waals surface area (Å²) in [4.78, 5) is 24.1. The number of rotatable bonds is 3. The molecule has 0 fully saturated rings. The summed E-state index contributed by atoms with van der Waals surface area (Å²) in [6.45, 7) is 1.60. The average Bonchev–Trinajstić information content (AvgIpc) is 2.18. The Bertz CT molecular complexity index is 364. The lowest BCUT2D eigenvalue weighted by atomic mass is 10.4. The van der Waals surface area contributed by atoms with E-state index in [0.29, 0.717) is 0 Å². The fourth-order valence-electron chi connectivity index (χ4n) is 0.794. The van der Waals surface area contributed by atoms with Gasteiger partial charge in [0.1, 0.15) is 6.20 Å². The number of nitrogens with zero attached hydrogens (tertiary/aromatic N) is 2. The van der Waals surface area contributed by atoms with Crippen LogP contribution in [0.1, 0.15) is 13.3 Å². The molecule has 6 heteroatoms. The largest absolute Gasteiger partial charge is 0.417 e. The molecule has 0 aliphatic rings. The number of aromatic nitrogens is 1. The van der Waals surface area contributed by atoms with E-state index in [1.54, 1.807) is 6.92 Å². The maximum Gasteiger partial charge on any atom is 0.406 e. The SMILES string of the molecule is CCC(=O)Oc1cccnc1[N+](=O)[O-]. The van der Waals surface area contributed by atoms with Crippen molar-refractivity contribution in [1.29, 1.82) is 0 Å². The number of nitro groups is 1. The molecule has 0 saturated heterocycles. The highest BCUT2D eigenvalue weighted by atomic mass is 16.6. The molecule has 1 heterocycles. The van der Waals surface area contributed by atoms with Crippen LogP contribution in [0.2, 0.25) is 0 Å². The second-order valence-electron chi connectivity index (χ2n) is 2.41. The van der Waals surface area contributed by atoms with E-state index in [2.05, 4.69) is 4.98 Å². The first-order chi connectivity index (χ1) is 6.65. The maximum absolute atomic E-state index is 10.9. The second-order valence-corrected chi connectivity index (χ2v) is 2.41. The van der Waals surface area contributed by atoms with Crippen molar-refractivity contribution in [2.24, 2.45) is 0 Å². The lowest BCUT2D eigenvalue weighted by Gasteiger charge is -2.01. The van der Waals surface area contributed by atoms with Crippen LogP contribution in [0.25, 0.3) is 0 Å². The van der Waals surface area contributed by atoms with Crippen molar-refractivity contribution in [2.75, 3.05) is 0 Å². The van der Waals surface area contributed by atoms with Gasteiger partial charge in [0.05, 0.1) is 0 Å². The van der Waals surface area contributed by atoms with E-state index in [1.807, 2.05) is 0 Å². The van der Waals surface area contributed by atoms with E-state index < -0.39 is 16.7 Å². The third kappa shape index (κ3) is 2.25. The van der Waals surface area contributed by atoms with E-state index in [0.717, 1.165) is 0 Å². The van der Waals surface area contributed by atoms with Crippen molar-refractivity contribution in [1.82, 2.24) is 4.98 Å². The third-order valence-corrected chi connectivity index (χ3v) is 1.44. The zero-order chi connectivity index (χ0) is 10.6. The predicted molar refractivity (Wildman–Crippen MR) is 46.8 cm³/mol. The summed E-state index contributed by atoms with van der Waals surface area (Å²) in [7, 11) is 0. The molecule has 1 aromatic heterocycles. The predicted octanol–water partition coefficient (Wildman–Crippen LogP) is 1.31. The van der Waals surface area contributed by atoms with Crippen LogP contribution in [-0.2, 0) is 4.79 Å². The van der Waals surface area contributed by atoms with Gasteiger partial charge in [-0.2, -0.15) is 0 Å². The van der Waals surface area contributed by atoms with Gasteiger partial charge >= 0.3 is 11.8 Å². The Balaban J connectivity index is 2.95. The number of hydrogen-bond donors (Lipinski definition) is 0. The molecule has 0 spiro atoms. The Hall–Kier alpha value is -1.98. The van der Waals surface area contributed by atoms with Gasteiger partial charge in [0, 0.05) is 6.42 Å². The van der Waals surface area contributed by atoms with Crippen molar-refractivity contribution in [3.63, 3.8) is 0 Å². The van der Waals surface area contributed by atoms with Crippen LogP contribution >= 0.6 is 0 Å². The topological polar surface area (TPSA) is 82.3 Å². The Morgan fingerprint density at radius 2 is 2.43 bits per heavy atom. The molecule has 0 radical (unpaired) electrons. The summed E-state index contributed by atoms with van der Waals surface area (Å²) in [5.74, 6) is -1.10. The first kappa shape index (κ1) is 10.1. The molecule has 6 nitrogen and oxygen atoms in total. The molecule has 0 amide bonds. The normalized spacial score (nSPS) is 9.50. The minimum atomic E-state index is -0.696. The summed E-state index contributed by atoms with van der Waals surface area (Å²) in [5, 5.41) is 10.4. The molecule has 0 saturated carbocycles. The van der Waals surface area contributed by atoms with Gasteiger partial charge in [-0.25, -0.2) is 0 Å². The number of carbonyl (C=O) groups is 1. The number of ether oxygens (including phenoxy) is 1. The first-order valence-electron chi connectivity index (χ1n) is 3.95. The smallest absolute Gasteiger partial charge is 0.406 e. The summed E-state index contributed by atoms with van der Waals surface area (Å²) in [5.41, 5.74) is 0. The van der Waals surface area contributed by atoms with Gasteiger partial charge in [0.15, 0.2) is 0 Å². The zero-order valence-corrected chi connectivity index (χ0v) is 7.47. The minimum Gasteiger partial charge on any atom is -0.417 e. The van der Waals surface area contributed by atoms with Gasteiger partial charge in [-0.15, -0.1) is 0 Å². The highest BCUT2D eigenvalue weighted by molar-refractivity contribution is 5.72. The highest BCUT2D eigenvalue weighted by Gasteiger charge is 2.17. The van der Waals surface area contributed by atoms with Crippen LogP contribution in [0.4, 0.5) is 5.82 Å². The third-order valence-electron chi connectivity index (χ3n) is 1.44. The van der Waals surface area contributed by atoms with Crippen LogP contribution in [0, 0.1) is 10.1 Å². The zero-order valence-electron chi connectivity index (χ0n) is 7.47. The van der Waals surface area contributed by atoms with Crippen molar-refractivity contribution in [3.8, 4) is 5.75 Å². The molecular weight excluding hydrogens is 188 g/mol. The van der Waals surface area contributed by atoms with Gasteiger partial charge < -0.3 is 14.9 Å². The van der Waals surface area contributed by atoms with E-state index in [-0.39, 0.29) is 12.2 Å². The second kappa shape index (κ2) is 4.31. The molecule has 14 heavy (non-hydrogen) atoms. The van der Waals surface area contributed by atoms with Crippen molar-refractivity contribution < 1.29 is 14.5 Å². The molecule has 1 rings (SSSR count). The van der Waals surface area contributed by atoms with Crippen LogP contribution in [0.5, 0.6) is 5.75 Å². The van der Waals surface area contributed by atoms with Crippen LogP contribution in [0.15, 0.2) is 18.3 Å².